The summed E-state index contributed by atoms with van der Waals surface area (Å²) in [7, 11) is 0. The van der Waals surface area contributed by atoms with Crippen LogP contribution in [0.25, 0.3) is 0 Å². The van der Waals surface area contributed by atoms with Gasteiger partial charge >= 0.3 is 0 Å². The highest BCUT2D eigenvalue weighted by Crippen LogP contribution is 2.42. The van der Waals surface area contributed by atoms with Crippen molar-refractivity contribution in [2.24, 2.45) is 11.8 Å². The Balaban J connectivity index is 2.18. The van der Waals surface area contributed by atoms with Gasteiger partial charge < -0.3 is 5.32 Å². The zero-order chi connectivity index (χ0) is 14.5. The largest absolute Gasteiger partial charge is 0.317 e. The first-order chi connectivity index (χ1) is 9.65. The minimum atomic E-state index is 0.613. The van der Waals surface area contributed by atoms with E-state index in [1.54, 1.807) is 0 Å². The lowest BCUT2D eigenvalue weighted by Gasteiger charge is -2.36. The minimum absolute atomic E-state index is 0.613. The van der Waals surface area contributed by atoms with Gasteiger partial charge in [0.05, 0.1) is 10.0 Å². The lowest BCUT2D eigenvalue weighted by atomic mass is 9.70. The number of benzene rings is 1. The Morgan fingerprint density at radius 1 is 1.15 bits per heavy atom. The molecule has 1 N–H and O–H groups in total. The normalized spacial score (nSPS) is 26.7. The smallest absolute Gasteiger partial charge is 0.0595 e. The van der Waals surface area contributed by atoms with Crippen molar-refractivity contribution in [3.8, 4) is 0 Å². The number of rotatable bonds is 5. The van der Waals surface area contributed by atoms with Crippen LogP contribution in [0.5, 0.6) is 0 Å². The predicted octanol–water partition coefficient (Wildman–Crippen LogP) is 5.51. The van der Waals surface area contributed by atoms with Gasteiger partial charge in [0, 0.05) is 0 Å². The van der Waals surface area contributed by atoms with Gasteiger partial charge in [-0.3, -0.25) is 0 Å². The molecule has 0 radical (unpaired) electrons. The predicted molar refractivity (Wildman–Crippen MR) is 88.9 cm³/mol. The quantitative estimate of drug-likeness (QED) is 0.755. The van der Waals surface area contributed by atoms with Crippen molar-refractivity contribution in [2.45, 2.75) is 45.4 Å². The van der Waals surface area contributed by atoms with Gasteiger partial charge in [-0.15, -0.1) is 0 Å². The lowest BCUT2D eigenvalue weighted by Crippen LogP contribution is -2.32. The first-order valence-corrected chi connectivity index (χ1v) is 8.56. The Labute approximate surface area is 133 Å². The molecule has 2 rings (SSSR count). The molecule has 0 saturated heterocycles. The zero-order valence-corrected chi connectivity index (χ0v) is 14.0. The molecule has 0 bridgehead atoms. The second-order valence-electron chi connectivity index (χ2n) is 5.94. The molecule has 0 aliphatic heterocycles. The summed E-state index contributed by atoms with van der Waals surface area (Å²) in [5, 5.41) is 4.86. The van der Waals surface area contributed by atoms with Crippen molar-refractivity contribution in [1.82, 2.24) is 5.32 Å². The molecule has 3 unspecified atom stereocenters. The third-order valence-corrected chi connectivity index (χ3v) is 5.45. The van der Waals surface area contributed by atoms with Crippen molar-refractivity contribution in [1.29, 1.82) is 0 Å². The molecule has 1 aliphatic carbocycles. The molecule has 0 amide bonds. The maximum absolute atomic E-state index is 6.21. The second kappa shape index (κ2) is 7.68. The average Bonchev–Trinajstić information content (AvgIpc) is 2.48. The van der Waals surface area contributed by atoms with Gasteiger partial charge in [0.25, 0.3) is 0 Å². The van der Waals surface area contributed by atoms with Gasteiger partial charge in [0.1, 0.15) is 0 Å². The van der Waals surface area contributed by atoms with E-state index in [1.165, 1.54) is 31.2 Å². The molecule has 20 heavy (non-hydrogen) atoms. The number of halogens is 2. The average molecular weight is 314 g/mol. The summed E-state index contributed by atoms with van der Waals surface area (Å²) < 4.78 is 0. The molecule has 1 aliphatic rings. The molecule has 0 aromatic heterocycles. The summed E-state index contributed by atoms with van der Waals surface area (Å²) in [6.07, 6.45) is 5.25. The lowest BCUT2D eigenvalue weighted by molar-refractivity contribution is 0.226. The molecule has 3 heteroatoms. The molecule has 0 spiro atoms. The highest BCUT2D eigenvalue weighted by molar-refractivity contribution is 6.42. The van der Waals surface area contributed by atoms with Gasteiger partial charge in [0.2, 0.25) is 0 Å². The van der Waals surface area contributed by atoms with Crippen LogP contribution >= 0.6 is 23.2 Å². The van der Waals surface area contributed by atoms with E-state index in [2.05, 4.69) is 31.3 Å². The third-order valence-electron chi connectivity index (χ3n) is 4.71. The fraction of sp³-hybridized carbons (Fsp3) is 0.647. The standard InChI is InChI=1S/C17H25Cl2N/c1-3-12-5-6-14(11-20-4-2)15(9-12)13-7-8-16(18)17(19)10-13/h7-8,10,12,14-15,20H,3-6,9,11H2,1-2H3. The van der Waals surface area contributed by atoms with E-state index in [1.807, 2.05) is 6.07 Å². The van der Waals surface area contributed by atoms with Crippen molar-refractivity contribution >= 4 is 23.2 Å². The molecule has 1 nitrogen and oxygen atoms in total. The van der Waals surface area contributed by atoms with Crippen LogP contribution in [0, 0.1) is 11.8 Å². The van der Waals surface area contributed by atoms with Gasteiger partial charge in [-0.05, 0) is 61.4 Å². The van der Waals surface area contributed by atoms with Gasteiger partial charge in [-0.2, -0.15) is 0 Å². The van der Waals surface area contributed by atoms with Gasteiger partial charge in [-0.1, -0.05) is 56.0 Å². The summed E-state index contributed by atoms with van der Waals surface area (Å²) in [5.74, 6) is 2.19. The molecular weight excluding hydrogens is 289 g/mol. The van der Waals surface area contributed by atoms with E-state index in [0.717, 1.165) is 24.9 Å². The van der Waals surface area contributed by atoms with E-state index in [-0.39, 0.29) is 0 Å². The van der Waals surface area contributed by atoms with E-state index in [9.17, 15) is 0 Å². The van der Waals surface area contributed by atoms with E-state index in [0.29, 0.717) is 16.0 Å². The summed E-state index contributed by atoms with van der Waals surface area (Å²) >= 11 is 12.3. The fourth-order valence-corrected chi connectivity index (χ4v) is 3.72. The van der Waals surface area contributed by atoms with Gasteiger partial charge in [0.15, 0.2) is 0 Å². The molecule has 1 fully saturated rings. The topological polar surface area (TPSA) is 12.0 Å². The van der Waals surface area contributed by atoms with Crippen LogP contribution in [-0.2, 0) is 0 Å². The van der Waals surface area contributed by atoms with Crippen molar-refractivity contribution in [2.75, 3.05) is 13.1 Å². The minimum Gasteiger partial charge on any atom is -0.317 e. The summed E-state index contributed by atoms with van der Waals surface area (Å²) in [6, 6.07) is 6.18. The third kappa shape index (κ3) is 3.90. The molecule has 1 saturated carbocycles. The highest BCUT2D eigenvalue weighted by atomic mass is 35.5. The molecule has 1 aromatic rings. The zero-order valence-electron chi connectivity index (χ0n) is 12.5. The molecule has 1 aromatic carbocycles. The Bertz CT molecular complexity index is 433. The van der Waals surface area contributed by atoms with Crippen LogP contribution in [0.2, 0.25) is 10.0 Å². The van der Waals surface area contributed by atoms with E-state index >= 15 is 0 Å². The highest BCUT2D eigenvalue weighted by Gasteiger charge is 2.30. The van der Waals surface area contributed by atoms with E-state index in [4.69, 9.17) is 23.2 Å². The monoisotopic (exact) mass is 313 g/mol. The Morgan fingerprint density at radius 2 is 1.95 bits per heavy atom. The Kier molecular flexibility index (Phi) is 6.20. The van der Waals surface area contributed by atoms with Crippen LogP contribution in [-0.4, -0.2) is 13.1 Å². The number of hydrogen-bond acceptors (Lipinski definition) is 1. The molecule has 112 valence electrons. The summed E-state index contributed by atoms with van der Waals surface area (Å²) in [6.45, 7) is 6.63. The van der Waals surface area contributed by atoms with Crippen LogP contribution in [0.3, 0.4) is 0 Å². The van der Waals surface area contributed by atoms with E-state index < -0.39 is 0 Å². The Morgan fingerprint density at radius 3 is 2.60 bits per heavy atom. The van der Waals surface area contributed by atoms with Crippen LogP contribution in [0.15, 0.2) is 18.2 Å². The number of hydrogen-bond donors (Lipinski definition) is 1. The maximum atomic E-state index is 6.21. The van der Waals surface area contributed by atoms with Crippen molar-refractivity contribution < 1.29 is 0 Å². The maximum Gasteiger partial charge on any atom is 0.0595 e. The van der Waals surface area contributed by atoms with Crippen molar-refractivity contribution in [3.05, 3.63) is 33.8 Å². The molecule has 0 heterocycles. The first kappa shape index (κ1) is 16.1. The summed E-state index contributed by atoms with van der Waals surface area (Å²) in [5.41, 5.74) is 1.36. The van der Waals surface area contributed by atoms with Crippen molar-refractivity contribution in [3.63, 3.8) is 0 Å². The van der Waals surface area contributed by atoms with Gasteiger partial charge in [-0.25, -0.2) is 0 Å². The second-order valence-corrected chi connectivity index (χ2v) is 6.75. The van der Waals surface area contributed by atoms with Crippen LogP contribution < -0.4 is 5.32 Å². The van der Waals surface area contributed by atoms with Crippen LogP contribution in [0.4, 0.5) is 0 Å². The Hall–Kier alpha value is -0.240. The number of nitrogens with one attached hydrogen (secondary N) is 1. The fourth-order valence-electron chi connectivity index (χ4n) is 3.42. The van der Waals surface area contributed by atoms with Crippen LogP contribution in [0.1, 0.15) is 51.0 Å². The summed E-state index contributed by atoms with van der Waals surface area (Å²) in [4.78, 5) is 0. The molecular formula is C17H25Cl2N. The molecule has 3 atom stereocenters. The SMILES string of the molecule is CCNCC1CCC(CC)CC1c1ccc(Cl)c(Cl)c1. The first-order valence-electron chi connectivity index (χ1n) is 7.81.